The number of phenolic OH excluding ortho intramolecular Hbond substituents is 1. The lowest BCUT2D eigenvalue weighted by Crippen LogP contribution is -2.09. The molecule has 0 saturated heterocycles. The third-order valence-electron chi connectivity index (χ3n) is 6.74. The van der Waals surface area contributed by atoms with Crippen molar-refractivity contribution in [2.75, 3.05) is 9.80 Å². The van der Waals surface area contributed by atoms with Crippen molar-refractivity contribution in [1.82, 2.24) is 0 Å². The molecule has 6 rings (SSSR count). The van der Waals surface area contributed by atoms with E-state index in [1.807, 2.05) is 42.5 Å². The first kappa shape index (κ1) is 24.1. The van der Waals surface area contributed by atoms with Crippen LogP contribution in [0.2, 0.25) is 0 Å². The van der Waals surface area contributed by atoms with Gasteiger partial charge in [0.1, 0.15) is 5.75 Å². The van der Waals surface area contributed by atoms with Gasteiger partial charge < -0.3 is 14.9 Å². The summed E-state index contributed by atoms with van der Waals surface area (Å²) in [5.41, 5.74) is 8.74. The van der Waals surface area contributed by atoms with E-state index in [9.17, 15) is 5.11 Å². The summed E-state index contributed by atoms with van der Waals surface area (Å²) in [5, 5.41) is 9.80. The van der Waals surface area contributed by atoms with Crippen LogP contribution in [0.1, 0.15) is 0 Å². The van der Waals surface area contributed by atoms with Crippen molar-refractivity contribution in [3.8, 4) is 16.9 Å². The Labute approximate surface area is 229 Å². The minimum Gasteiger partial charge on any atom is -0.508 e. The topological polar surface area (TPSA) is 26.7 Å². The third-order valence-corrected chi connectivity index (χ3v) is 6.74. The zero-order chi connectivity index (χ0) is 26.4. The van der Waals surface area contributed by atoms with Crippen molar-refractivity contribution < 1.29 is 5.11 Å². The SMILES string of the molecule is Oc1ccc(N(c2ccccc2)c2ccc(-c3ccc(N(c4ccccc4)c4ccccc4)cc3)cc2)cc1. The molecule has 0 aliphatic carbocycles. The molecule has 0 unspecified atom stereocenters. The van der Waals surface area contributed by atoms with E-state index in [1.165, 1.54) is 0 Å². The van der Waals surface area contributed by atoms with Crippen molar-refractivity contribution in [1.29, 1.82) is 0 Å². The zero-order valence-electron chi connectivity index (χ0n) is 21.4. The molecule has 1 N–H and O–H groups in total. The third kappa shape index (κ3) is 5.25. The quantitative estimate of drug-likeness (QED) is 0.234. The van der Waals surface area contributed by atoms with Crippen molar-refractivity contribution in [3.05, 3.63) is 164 Å². The van der Waals surface area contributed by atoms with Crippen LogP contribution < -0.4 is 9.80 Å². The van der Waals surface area contributed by atoms with Crippen LogP contribution in [0.4, 0.5) is 34.1 Å². The highest BCUT2D eigenvalue weighted by Crippen LogP contribution is 2.38. The summed E-state index contributed by atoms with van der Waals surface area (Å²) in [5.74, 6) is 0.253. The summed E-state index contributed by atoms with van der Waals surface area (Å²) in [6, 6.07) is 55.8. The summed E-state index contributed by atoms with van der Waals surface area (Å²) < 4.78 is 0. The maximum atomic E-state index is 9.80. The number of anilines is 6. The van der Waals surface area contributed by atoms with Crippen LogP contribution in [0, 0.1) is 0 Å². The molecular formula is C36H28N2O. The molecule has 0 aliphatic rings. The number of phenols is 1. The van der Waals surface area contributed by atoms with Crippen molar-refractivity contribution in [2.24, 2.45) is 0 Å². The molecule has 6 aromatic rings. The molecule has 0 spiro atoms. The van der Waals surface area contributed by atoms with E-state index in [4.69, 9.17) is 0 Å². The summed E-state index contributed by atoms with van der Waals surface area (Å²) >= 11 is 0. The molecule has 0 saturated carbocycles. The molecule has 0 atom stereocenters. The van der Waals surface area contributed by atoms with E-state index < -0.39 is 0 Å². The van der Waals surface area contributed by atoms with Crippen LogP contribution in [0.3, 0.4) is 0 Å². The standard InChI is InChI=1S/C36H28N2O/c39-36-26-24-35(25-27-36)38(32-14-8-3-9-15-32)34-22-18-29(19-23-34)28-16-20-33(21-17-28)37(30-10-4-1-5-11-30)31-12-6-2-7-13-31/h1-27,39H. The van der Waals surface area contributed by atoms with Crippen molar-refractivity contribution in [3.63, 3.8) is 0 Å². The maximum Gasteiger partial charge on any atom is 0.115 e. The monoisotopic (exact) mass is 504 g/mol. The number of aromatic hydroxyl groups is 1. The molecule has 39 heavy (non-hydrogen) atoms. The second-order valence-corrected chi connectivity index (χ2v) is 9.29. The van der Waals surface area contributed by atoms with Gasteiger partial charge in [-0.1, -0.05) is 78.9 Å². The van der Waals surface area contributed by atoms with Crippen LogP contribution in [-0.2, 0) is 0 Å². The number of hydrogen-bond acceptors (Lipinski definition) is 3. The second kappa shape index (κ2) is 11.0. The van der Waals surface area contributed by atoms with E-state index in [0.717, 1.165) is 45.3 Å². The minimum absolute atomic E-state index is 0.253. The van der Waals surface area contributed by atoms with Crippen LogP contribution in [0.25, 0.3) is 11.1 Å². The van der Waals surface area contributed by atoms with Crippen LogP contribution >= 0.6 is 0 Å². The van der Waals surface area contributed by atoms with Crippen molar-refractivity contribution >= 4 is 34.1 Å². The molecule has 0 aliphatic heterocycles. The number of hydrogen-bond donors (Lipinski definition) is 1. The Morgan fingerprint density at radius 3 is 0.846 bits per heavy atom. The number of para-hydroxylation sites is 3. The molecule has 188 valence electrons. The Kier molecular flexibility index (Phi) is 6.79. The van der Waals surface area contributed by atoms with Gasteiger partial charge >= 0.3 is 0 Å². The van der Waals surface area contributed by atoms with E-state index in [2.05, 4.69) is 119 Å². The smallest absolute Gasteiger partial charge is 0.115 e. The summed E-state index contributed by atoms with van der Waals surface area (Å²) in [7, 11) is 0. The maximum absolute atomic E-state index is 9.80. The normalized spacial score (nSPS) is 10.7. The van der Waals surface area contributed by atoms with E-state index >= 15 is 0 Å². The van der Waals surface area contributed by atoms with E-state index in [1.54, 1.807) is 12.1 Å². The van der Waals surface area contributed by atoms with Gasteiger partial charge in [-0.25, -0.2) is 0 Å². The summed E-state index contributed by atoms with van der Waals surface area (Å²) in [6.07, 6.45) is 0. The fourth-order valence-electron chi connectivity index (χ4n) is 4.83. The Balaban J connectivity index is 1.31. The van der Waals surface area contributed by atoms with Crippen LogP contribution in [0.5, 0.6) is 5.75 Å². The molecular weight excluding hydrogens is 476 g/mol. The first-order valence-electron chi connectivity index (χ1n) is 13.0. The number of nitrogens with zero attached hydrogens (tertiary/aromatic N) is 2. The van der Waals surface area contributed by atoms with Gasteiger partial charge in [0.05, 0.1) is 0 Å². The highest BCUT2D eigenvalue weighted by atomic mass is 16.3. The fourth-order valence-corrected chi connectivity index (χ4v) is 4.83. The van der Waals surface area contributed by atoms with Crippen LogP contribution in [0.15, 0.2) is 164 Å². The molecule has 0 radical (unpaired) electrons. The molecule has 3 heteroatoms. The van der Waals surface area contributed by atoms with Gasteiger partial charge in [-0.2, -0.15) is 0 Å². The summed E-state index contributed by atoms with van der Waals surface area (Å²) in [4.78, 5) is 4.45. The Morgan fingerprint density at radius 2 is 0.538 bits per heavy atom. The molecule has 0 bridgehead atoms. The van der Waals surface area contributed by atoms with Gasteiger partial charge in [-0.15, -0.1) is 0 Å². The number of benzene rings is 6. The van der Waals surface area contributed by atoms with E-state index in [-0.39, 0.29) is 5.75 Å². The highest BCUT2D eigenvalue weighted by molar-refractivity contribution is 5.80. The van der Waals surface area contributed by atoms with Gasteiger partial charge in [0.15, 0.2) is 0 Å². The largest absolute Gasteiger partial charge is 0.508 e. The average molecular weight is 505 g/mol. The molecule has 0 aromatic heterocycles. The molecule has 0 amide bonds. The second-order valence-electron chi connectivity index (χ2n) is 9.29. The lowest BCUT2D eigenvalue weighted by molar-refractivity contribution is 0.475. The zero-order valence-corrected chi connectivity index (χ0v) is 21.4. The predicted octanol–water partition coefficient (Wildman–Crippen LogP) is 10.00. The molecule has 6 aromatic carbocycles. The van der Waals surface area contributed by atoms with Crippen molar-refractivity contribution in [2.45, 2.75) is 0 Å². The predicted molar refractivity (Wildman–Crippen MR) is 163 cm³/mol. The van der Waals surface area contributed by atoms with Gasteiger partial charge in [-0.05, 0) is 96.1 Å². The Morgan fingerprint density at radius 1 is 0.282 bits per heavy atom. The first-order valence-corrected chi connectivity index (χ1v) is 13.0. The highest BCUT2D eigenvalue weighted by Gasteiger charge is 2.14. The minimum atomic E-state index is 0.253. The van der Waals surface area contributed by atoms with Gasteiger partial charge in [0, 0.05) is 34.1 Å². The van der Waals surface area contributed by atoms with E-state index in [0.29, 0.717) is 0 Å². The first-order chi connectivity index (χ1) is 19.3. The molecule has 3 nitrogen and oxygen atoms in total. The van der Waals surface area contributed by atoms with Crippen LogP contribution in [-0.4, -0.2) is 5.11 Å². The lowest BCUT2D eigenvalue weighted by Gasteiger charge is -2.26. The lowest BCUT2D eigenvalue weighted by atomic mass is 10.0. The Bertz CT molecular complexity index is 1580. The Hall–Kier alpha value is -5.28. The van der Waals surface area contributed by atoms with Gasteiger partial charge in [0.2, 0.25) is 0 Å². The fraction of sp³-hybridized carbons (Fsp3) is 0. The van der Waals surface area contributed by atoms with Gasteiger partial charge in [0.25, 0.3) is 0 Å². The number of rotatable bonds is 7. The summed E-state index contributed by atoms with van der Waals surface area (Å²) in [6.45, 7) is 0. The molecule has 0 fully saturated rings. The van der Waals surface area contributed by atoms with Gasteiger partial charge in [-0.3, -0.25) is 0 Å². The average Bonchev–Trinajstić information content (AvgIpc) is 3.01. The molecule has 0 heterocycles.